The molecule has 18 heteroatoms. The number of hydrogen-bond acceptors (Lipinski definition) is 12. The number of rotatable bonds is 9. The maximum atomic E-state index is 15.9. The number of likely N-dealkylation sites (tertiary alicyclic amines) is 1. The second-order valence-electron chi connectivity index (χ2n) is 17.2. The molecule has 6 aliphatic rings. The lowest BCUT2D eigenvalue weighted by Gasteiger charge is -2.42. The quantitative estimate of drug-likeness (QED) is 0.234. The lowest BCUT2D eigenvalue weighted by Crippen LogP contribution is -2.54. The highest BCUT2D eigenvalue weighted by molar-refractivity contribution is 7.89. The molecule has 2 N–H and O–H groups in total. The van der Waals surface area contributed by atoms with Crippen LogP contribution in [0.4, 0.5) is 16.0 Å². The van der Waals surface area contributed by atoms with E-state index in [4.69, 9.17) is 4.98 Å². The Morgan fingerprint density at radius 3 is 2.26 bits per heavy atom. The average Bonchev–Trinajstić information content (AvgIpc) is 3.93. The molecule has 16 nitrogen and oxygen atoms in total. The van der Waals surface area contributed by atoms with E-state index < -0.39 is 45.5 Å². The summed E-state index contributed by atoms with van der Waals surface area (Å²) in [5.74, 6) is -2.82. The predicted molar refractivity (Wildman–Crippen MR) is 221 cm³/mol. The normalized spacial score (nSPS) is 24.2. The molecule has 2 aromatic carbocycles. The minimum Gasteiger partial charge on any atom is -0.361 e. The van der Waals surface area contributed by atoms with Gasteiger partial charge in [-0.1, -0.05) is 25.0 Å². The zero-order valence-corrected chi connectivity index (χ0v) is 34.3. The minimum atomic E-state index is -3.78. The predicted octanol–water partition coefficient (Wildman–Crippen LogP) is 3.57. The maximum Gasteiger partial charge on any atom is 0.262 e. The van der Waals surface area contributed by atoms with Crippen molar-refractivity contribution in [3.05, 3.63) is 87.6 Å². The number of halogens is 1. The van der Waals surface area contributed by atoms with E-state index in [2.05, 4.69) is 20.5 Å². The van der Waals surface area contributed by atoms with Crippen LogP contribution in [0.1, 0.15) is 96.5 Å². The van der Waals surface area contributed by atoms with Crippen LogP contribution in [-0.4, -0.2) is 111 Å². The van der Waals surface area contributed by atoms with Gasteiger partial charge in [0.15, 0.2) is 0 Å². The highest BCUT2D eigenvalue weighted by Crippen LogP contribution is 2.40. The smallest absolute Gasteiger partial charge is 0.262 e. The van der Waals surface area contributed by atoms with Crippen molar-refractivity contribution in [2.75, 3.05) is 36.4 Å². The topological polar surface area (TPSA) is 187 Å². The van der Waals surface area contributed by atoms with Crippen molar-refractivity contribution in [1.82, 2.24) is 34.0 Å². The van der Waals surface area contributed by atoms with E-state index in [1.165, 1.54) is 10.4 Å². The molecule has 4 saturated heterocycles. The summed E-state index contributed by atoms with van der Waals surface area (Å²) in [5.41, 5.74) is 1.58. The van der Waals surface area contributed by atoms with E-state index in [1.807, 2.05) is 11.0 Å². The van der Waals surface area contributed by atoms with Gasteiger partial charge >= 0.3 is 0 Å². The van der Waals surface area contributed by atoms with Crippen LogP contribution in [0.15, 0.2) is 64.4 Å². The zero-order chi connectivity index (χ0) is 42.2. The van der Waals surface area contributed by atoms with E-state index in [1.54, 1.807) is 41.1 Å². The number of amides is 4. The maximum absolute atomic E-state index is 15.9. The summed E-state index contributed by atoms with van der Waals surface area (Å²) in [7, 11) is -3.78. The van der Waals surface area contributed by atoms with Crippen LogP contribution in [0.5, 0.6) is 0 Å². The van der Waals surface area contributed by atoms with Crippen molar-refractivity contribution in [2.45, 2.75) is 106 Å². The minimum absolute atomic E-state index is 0.00807. The van der Waals surface area contributed by atoms with Crippen molar-refractivity contribution in [3.8, 4) is 0 Å². The Hall–Kier alpha value is -5.59. The van der Waals surface area contributed by atoms with E-state index in [0.717, 1.165) is 60.4 Å². The highest BCUT2D eigenvalue weighted by Gasteiger charge is 2.47. The number of benzene rings is 2. The van der Waals surface area contributed by atoms with Crippen LogP contribution in [0.3, 0.4) is 0 Å². The van der Waals surface area contributed by atoms with Crippen molar-refractivity contribution in [1.29, 1.82) is 0 Å². The summed E-state index contributed by atoms with van der Waals surface area (Å²) in [6, 6.07) is 11.7. The molecule has 7 heterocycles. The Kier molecular flexibility index (Phi) is 9.98. The van der Waals surface area contributed by atoms with Crippen molar-refractivity contribution in [2.24, 2.45) is 0 Å². The Balaban J connectivity index is 0.778. The molecule has 1 saturated carbocycles. The molecule has 3 atom stereocenters. The Bertz CT molecular complexity index is 2650. The van der Waals surface area contributed by atoms with Gasteiger partial charge in [-0.2, -0.15) is 9.29 Å². The number of fused-ring (bicyclic) bond motifs is 4. The van der Waals surface area contributed by atoms with Gasteiger partial charge in [-0.05, 0) is 80.8 Å². The third-order valence-electron chi connectivity index (χ3n) is 13.4. The number of imide groups is 2. The summed E-state index contributed by atoms with van der Waals surface area (Å²) in [5, 5.41) is 6.38. The number of piperazine rings is 1. The number of sulfonamides is 1. The summed E-state index contributed by atoms with van der Waals surface area (Å²) >= 11 is 0. The second-order valence-corrected chi connectivity index (χ2v) is 19.1. The Labute approximate surface area is 351 Å². The molecule has 5 fully saturated rings. The second kappa shape index (κ2) is 15.4. The molecule has 2 aromatic heterocycles. The molecule has 61 heavy (non-hydrogen) atoms. The number of pyridine rings is 1. The van der Waals surface area contributed by atoms with Gasteiger partial charge in [0.05, 0.1) is 21.7 Å². The third-order valence-corrected chi connectivity index (χ3v) is 15.3. The molecule has 2 bridgehead atoms. The van der Waals surface area contributed by atoms with Crippen molar-refractivity contribution >= 4 is 56.3 Å². The van der Waals surface area contributed by atoms with Gasteiger partial charge in [-0.3, -0.25) is 43.7 Å². The molecule has 3 unspecified atom stereocenters. The molecule has 0 radical (unpaired) electrons. The van der Waals surface area contributed by atoms with E-state index in [0.29, 0.717) is 57.2 Å². The molecule has 318 valence electrons. The van der Waals surface area contributed by atoms with Crippen LogP contribution in [-0.2, 0) is 26.2 Å². The number of nitrogens with one attached hydrogen (secondary N) is 2. The van der Waals surface area contributed by atoms with Gasteiger partial charge in [0.25, 0.3) is 17.4 Å². The first-order chi connectivity index (χ1) is 29.4. The monoisotopic (exact) mass is 851 g/mol. The third kappa shape index (κ3) is 7.07. The lowest BCUT2D eigenvalue weighted by molar-refractivity contribution is -0.136. The summed E-state index contributed by atoms with van der Waals surface area (Å²) in [4.78, 5) is 78.4. The highest BCUT2D eigenvalue weighted by atomic mass is 32.2. The fraction of sp³-hybridized carbons (Fsp3) is 0.465. The summed E-state index contributed by atoms with van der Waals surface area (Å²) < 4.78 is 47.1. The van der Waals surface area contributed by atoms with Gasteiger partial charge in [0.1, 0.15) is 17.5 Å². The standard InChI is InChI=1S/C43H46FN9O7S/c44-34-19-32-33(42(58)53(41(32)57)35-11-12-37(54)47-40(35)56)20-36(34)51-29-9-10-30(51)24-49(23-29)22-25-4-3-7-31(18-25)61(59,60)50-16-14-27(15-17-50)46-43-45-21-26-8-13-38(55)52(39(26)48-43)28-5-1-2-6-28/h3-4,7-8,13,18-21,27-30,35H,1-2,5-6,9-12,14-17,22-24H2,(H,45,46,48)(H,47,54,56). The molecule has 4 amide bonds. The van der Waals surface area contributed by atoms with Gasteiger partial charge in [-0.15, -0.1) is 0 Å². The van der Waals surface area contributed by atoms with Crippen molar-refractivity contribution in [3.63, 3.8) is 0 Å². The number of aromatic nitrogens is 3. The lowest BCUT2D eigenvalue weighted by atomic mass is 10.0. The molecule has 10 rings (SSSR count). The largest absolute Gasteiger partial charge is 0.361 e. The first-order valence-electron chi connectivity index (χ1n) is 21.2. The van der Waals surface area contributed by atoms with Gasteiger partial charge in [-0.25, -0.2) is 17.8 Å². The summed E-state index contributed by atoms with van der Waals surface area (Å²) in [6.07, 6.45) is 8.52. The fourth-order valence-corrected chi connectivity index (χ4v) is 12.0. The van der Waals surface area contributed by atoms with Crippen LogP contribution < -0.4 is 21.1 Å². The molecule has 1 aliphatic carbocycles. The van der Waals surface area contributed by atoms with Crippen LogP contribution in [0, 0.1) is 5.82 Å². The molecule has 0 spiro atoms. The number of carbonyl (C=O) groups is 4. The first-order valence-corrected chi connectivity index (χ1v) is 22.7. The van der Waals surface area contributed by atoms with Crippen molar-refractivity contribution < 1.29 is 32.0 Å². The molecule has 4 aromatic rings. The van der Waals surface area contributed by atoms with Crippen LogP contribution in [0.25, 0.3) is 11.0 Å². The van der Waals surface area contributed by atoms with Gasteiger partial charge in [0, 0.05) is 81.0 Å². The number of anilines is 2. The first kappa shape index (κ1) is 39.5. The number of carbonyl (C=O) groups excluding carboxylic acids is 4. The number of piperidine rings is 2. The number of nitrogens with zero attached hydrogens (tertiary/aromatic N) is 7. The average molecular weight is 852 g/mol. The Morgan fingerprint density at radius 2 is 1.54 bits per heavy atom. The Morgan fingerprint density at radius 1 is 0.820 bits per heavy atom. The fourth-order valence-electron chi connectivity index (χ4n) is 10.4. The van der Waals surface area contributed by atoms with Crippen LogP contribution in [0.2, 0.25) is 0 Å². The number of hydrogen-bond donors (Lipinski definition) is 2. The van der Waals surface area contributed by atoms with Gasteiger partial charge in [0.2, 0.25) is 27.8 Å². The molecular formula is C43H46FN9O7S. The van der Waals surface area contributed by atoms with E-state index >= 15 is 4.39 Å². The van der Waals surface area contributed by atoms with E-state index in [9.17, 15) is 32.4 Å². The summed E-state index contributed by atoms with van der Waals surface area (Å²) in [6.45, 7) is 2.31. The van der Waals surface area contributed by atoms with Crippen LogP contribution >= 0.6 is 0 Å². The van der Waals surface area contributed by atoms with Gasteiger partial charge < -0.3 is 10.2 Å². The van der Waals surface area contributed by atoms with E-state index in [-0.39, 0.29) is 64.3 Å². The molecule has 5 aliphatic heterocycles. The molecular weight excluding hydrogens is 806 g/mol. The SMILES string of the molecule is O=C1CCC(N2C(=O)c3cc(F)c(N4C5CCC4CN(Cc4cccc(S(=O)(=O)N6CCC(Nc7ncc8ccc(=O)n(C9CCCC9)c8n7)CC6)c4)C5)cc3C2=O)C(=O)N1. The zero-order valence-electron chi connectivity index (χ0n) is 33.5.